The van der Waals surface area contributed by atoms with Crippen molar-refractivity contribution in [2.24, 2.45) is 5.92 Å². The summed E-state index contributed by atoms with van der Waals surface area (Å²) in [5.74, 6) is -0.0285. The zero-order valence-electron chi connectivity index (χ0n) is 20.0. The minimum atomic E-state index is -0.790. The molecule has 7 nitrogen and oxygen atoms in total. The summed E-state index contributed by atoms with van der Waals surface area (Å²) < 4.78 is 11.1. The minimum Gasteiger partial charge on any atom is -0.507 e. The molecule has 1 aliphatic heterocycles. The van der Waals surface area contributed by atoms with E-state index in [-0.39, 0.29) is 17.9 Å². The number of hydrogen-bond acceptors (Lipinski definition) is 6. The number of methoxy groups -OCH3 is 1. The monoisotopic (exact) mass is 472 g/mol. The Morgan fingerprint density at radius 1 is 1.06 bits per heavy atom. The molecule has 2 heterocycles. The lowest BCUT2D eigenvalue weighted by molar-refractivity contribution is -0.140. The maximum Gasteiger partial charge on any atom is 0.295 e. The Bertz CT molecular complexity index is 1240. The second kappa shape index (κ2) is 10.4. The average molecular weight is 473 g/mol. The Kier molecular flexibility index (Phi) is 7.15. The summed E-state index contributed by atoms with van der Waals surface area (Å²) in [4.78, 5) is 32.0. The molecule has 1 saturated heterocycles. The van der Waals surface area contributed by atoms with Gasteiger partial charge in [-0.15, -0.1) is 0 Å². The van der Waals surface area contributed by atoms with E-state index in [1.165, 1.54) is 4.90 Å². The van der Waals surface area contributed by atoms with Gasteiger partial charge < -0.3 is 19.5 Å². The summed E-state index contributed by atoms with van der Waals surface area (Å²) in [6.07, 6.45) is 3.30. The van der Waals surface area contributed by atoms with Crippen molar-refractivity contribution in [2.75, 3.05) is 13.7 Å². The molecule has 1 atom stereocenters. The first-order valence-electron chi connectivity index (χ1n) is 11.4. The maximum absolute atomic E-state index is 13.2. The smallest absolute Gasteiger partial charge is 0.295 e. The molecule has 1 unspecified atom stereocenters. The highest BCUT2D eigenvalue weighted by Crippen LogP contribution is 2.41. The number of benzene rings is 2. The van der Waals surface area contributed by atoms with Crippen LogP contribution in [-0.4, -0.2) is 40.4 Å². The lowest BCUT2D eigenvalue weighted by Gasteiger charge is -2.25. The van der Waals surface area contributed by atoms with Crippen LogP contribution >= 0.6 is 0 Å². The summed E-state index contributed by atoms with van der Waals surface area (Å²) in [6, 6.07) is 16.8. The quantitative estimate of drug-likeness (QED) is 0.289. The van der Waals surface area contributed by atoms with Gasteiger partial charge in [-0.2, -0.15) is 0 Å². The average Bonchev–Trinajstić information content (AvgIpc) is 3.13. The third kappa shape index (κ3) is 5.19. The molecular weight excluding hydrogens is 444 g/mol. The maximum atomic E-state index is 13.2. The van der Waals surface area contributed by atoms with E-state index in [4.69, 9.17) is 9.47 Å². The van der Waals surface area contributed by atoms with Gasteiger partial charge in [-0.05, 0) is 59.5 Å². The highest BCUT2D eigenvalue weighted by atomic mass is 16.5. The molecule has 1 amide bonds. The molecule has 1 aliphatic rings. The molecule has 0 saturated carbocycles. The number of aliphatic hydroxyl groups excluding tert-OH is 1. The SMILES string of the molecule is COc1cccc(C2/C(=C(/O)c3ccc(OCC(C)C)cc3)C(=O)C(=O)N2Cc2cccnc2)c1. The topological polar surface area (TPSA) is 89.0 Å². The normalized spacial score (nSPS) is 17.1. The number of ketones is 1. The number of rotatable bonds is 8. The Morgan fingerprint density at radius 2 is 1.83 bits per heavy atom. The second-order valence-electron chi connectivity index (χ2n) is 8.79. The van der Waals surface area contributed by atoms with Crippen LogP contribution in [0.25, 0.3) is 5.76 Å². The van der Waals surface area contributed by atoms with Gasteiger partial charge in [0.05, 0.1) is 25.3 Å². The first kappa shape index (κ1) is 24.0. The predicted octanol–water partition coefficient (Wildman–Crippen LogP) is 4.75. The number of aliphatic hydroxyl groups is 1. The zero-order chi connectivity index (χ0) is 24.9. The summed E-state index contributed by atoms with van der Waals surface area (Å²) in [5, 5.41) is 11.3. The van der Waals surface area contributed by atoms with Crippen molar-refractivity contribution in [3.8, 4) is 11.5 Å². The molecular formula is C28H28N2O5. The number of carbonyl (C=O) groups excluding carboxylic acids is 2. The molecule has 0 aliphatic carbocycles. The molecule has 3 aromatic rings. The molecule has 7 heteroatoms. The summed E-state index contributed by atoms with van der Waals surface area (Å²) in [6.45, 7) is 4.85. The van der Waals surface area contributed by atoms with Crippen LogP contribution in [0.3, 0.4) is 0 Å². The zero-order valence-corrected chi connectivity index (χ0v) is 20.0. The summed E-state index contributed by atoms with van der Waals surface area (Å²) in [5.41, 5.74) is 1.89. The van der Waals surface area contributed by atoms with Crippen molar-refractivity contribution < 1.29 is 24.2 Å². The first-order valence-corrected chi connectivity index (χ1v) is 11.4. The van der Waals surface area contributed by atoms with E-state index in [0.717, 1.165) is 5.56 Å². The third-order valence-corrected chi connectivity index (χ3v) is 5.74. The van der Waals surface area contributed by atoms with Crippen LogP contribution in [0.15, 0.2) is 78.6 Å². The van der Waals surface area contributed by atoms with E-state index in [1.54, 1.807) is 68.0 Å². The fourth-order valence-electron chi connectivity index (χ4n) is 4.02. The Balaban J connectivity index is 1.77. The first-order chi connectivity index (χ1) is 16.9. The van der Waals surface area contributed by atoms with Gasteiger partial charge in [0.25, 0.3) is 11.7 Å². The molecule has 0 bridgehead atoms. The number of nitrogens with zero attached hydrogens (tertiary/aromatic N) is 2. The van der Waals surface area contributed by atoms with E-state index < -0.39 is 17.7 Å². The Hall–Kier alpha value is -4.13. The van der Waals surface area contributed by atoms with E-state index in [0.29, 0.717) is 35.2 Å². The fourth-order valence-corrected chi connectivity index (χ4v) is 4.02. The number of pyridine rings is 1. The summed E-state index contributed by atoms with van der Waals surface area (Å²) >= 11 is 0. The third-order valence-electron chi connectivity index (χ3n) is 5.74. The number of ether oxygens (including phenoxy) is 2. The van der Waals surface area contributed by atoms with Gasteiger partial charge >= 0.3 is 0 Å². The lowest BCUT2D eigenvalue weighted by atomic mass is 9.95. The van der Waals surface area contributed by atoms with E-state index in [1.807, 2.05) is 12.1 Å². The largest absolute Gasteiger partial charge is 0.507 e. The molecule has 180 valence electrons. The van der Waals surface area contributed by atoms with Crippen molar-refractivity contribution in [3.63, 3.8) is 0 Å². The molecule has 1 N–H and O–H groups in total. The number of carbonyl (C=O) groups is 2. The second-order valence-corrected chi connectivity index (χ2v) is 8.79. The van der Waals surface area contributed by atoms with Crippen LogP contribution in [-0.2, 0) is 16.1 Å². The number of Topliss-reactive ketones (excluding diaryl/α,β-unsaturated/α-hetero) is 1. The van der Waals surface area contributed by atoms with Crippen LogP contribution in [0.1, 0.15) is 36.6 Å². The van der Waals surface area contributed by atoms with E-state index >= 15 is 0 Å². The van der Waals surface area contributed by atoms with Crippen molar-refractivity contribution in [1.29, 1.82) is 0 Å². The lowest BCUT2D eigenvalue weighted by Crippen LogP contribution is -2.29. The number of likely N-dealkylation sites (tertiary alicyclic amines) is 1. The van der Waals surface area contributed by atoms with Crippen molar-refractivity contribution >= 4 is 17.4 Å². The van der Waals surface area contributed by atoms with Crippen LogP contribution < -0.4 is 9.47 Å². The Morgan fingerprint density at radius 3 is 2.49 bits per heavy atom. The summed E-state index contributed by atoms with van der Waals surface area (Å²) in [7, 11) is 1.55. The van der Waals surface area contributed by atoms with E-state index in [2.05, 4.69) is 18.8 Å². The highest BCUT2D eigenvalue weighted by Gasteiger charge is 2.46. The van der Waals surface area contributed by atoms with Crippen LogP contribution in [0.4, 0.5) is 0 Å². The molecule has 2 aromatic carbocycles. The number of amides is 1. The van der Waals surface area contributed by atoms with Gasteiger partial charge in [-0.3, -0.25) is 14.6 Å². The fraction of sp³-hybridized carbons (Fsp3) is 0.250. The van der Waals surface area contributed by atoms with Gasteiger partial charge in [0.2, 0.25) is 0 Å². The molecule has 0 spiro atoms. The molecule has 0 radical (unpaired) electrons. The van der Waals surface area contributed by atoms with E-state index in [9.17, 15) is 14.7 Å². The van der Waals surface area contributed by atoms with Crippen LogP contribution in [0.2, 0.25) is 0 Å². The standard InChI is InChI=1S/C28H28N2O5/c1-18(2)17-35-22-11-9-20(10-12-22)26(31)24-25(21-7-4-8-23(14-21)34-3)30(28(33)27(24)32)16-19-6-5-13-29-15-19/h4-15,18,25,31H,16-17H2,1-3H3/b26-24-. The van der Waals surface area contributed by atoms with Gasteiger partial charge in [-0.1, -0.05) is 32.0 Å². The molecule has 35 heavy (non-hydrogen) atoms. The number of hydrogen-bond donors (Lipinski definition) is 1. The van der Waals surface area contributed by atoms with Gasteiger partial charge in [-0.25, -0.2) is 0 Å². The number of aromatic nitrogens is 1. The van der Waals surface area contributed by atoms with Crippen molar-refractivity contribution in [2.45, 2.75) is 26.4 Å². The molecule has 1 fully saturated rings. The molecule has 4 rings (SSSR count). The van der Waals surface area contributed by atoms with Crippen LogP contribution in [0.5, 0.6) is 11.5 Å². The minimum absolute atomic E-state index is 0.0305. The highest BCUT2D eigenvalue weighted by molar-refractivity contribution is 6.46. The van der Waals surface area contributed by atoms with Gasteiger partial charge in [0, 0.05) is 24.5 Å². The van der Waals surface area contributed by atoms with Crippen LogP contribution in [0, 0.1) is 5.92 Å². The van der Waals surface area contributed by atoms with Gasteiger partial charge in [0.15, 0.2) is 0 Å². The van der Waals surface area contributed by atoms with Crippen molar-refractivity contribution in [3.05, 3.63) is 95.3 Å². The molecule has 1 aromatic heterocycles. The Labute approximate surface area is 204 Å². The van der Waals surface area contributed by atoms with Gasteiger partial charge in [0.1, 0.15) is 17.3 Å². The predicted molar refractivity (Wildman–Crippen MR) is 132 cm³/mol. The van der Waals surface area contributed by atoms with Crippen molar-refractivity contribution in [1.82, 2.24) is 9.88 Å².